The zero-order valence-electron chi connectivity index (χ0n) is 13.2. The maximum absolute atomic E-state index is 12.5. The molecular weight excluding hydrogens is 326 g/mol. The molecule has 0 aliphatic heterocycles. The Morgan fingerprint density at radius 3 is 2.50 bits per heavy atom. The molecule has 0 aliphatic carbocycles. The predicted octanol–water partition coefficient (Wildman–Crippen LogP) is 3.50. The normalized spacial score (nSPS) is 11.9. The lowest BCUT2D eigenvalue weighted by molar-refractivity contribution is 0.0993. The van der Waals surface area contributed by atoms with Gasteiger partial charge in [0.1, 0.15) is 5.75 Å². The van der Waals surface area contributed by atoms with Gasteiger partial charge in [0.2, 0.25) is 5.89 Å². The van der Waals surface area contributed by atoms with Crippen LogP contribution in [0.4, 0.5) is 0 Å². The number of benzene rings is 1. The van der Waals surface area contributed by atoms with Gasteiger partial charge in [-0.05, 0) is 43.3 Å². The number of thioether (sulfide) groups is 1. The van der Waals surface area contributed by atoms with Crippen LogP contribution in [0.2, 0.25) is 0 Å². The molecule has 1 unspecified atom stereocenters. The SMILES string of the molecule is COc1ccc(C(=O)C(C)Sc2nnc(-c3ccncc3)o2)cc1. The average Bonchev–Trinajstić information content (AvgIpc) is 3.10. The van der Waals surface area contributed by atoms with E-state index in [2.05, 4.69) is 15.2 Å². The molecule has 122 valence electrons. The van der Waals surface area contributed by atoms with Crippen LogP contribution in [0.25, 0.3) is 11.5 Å². The Labute approximate surface area is 143 Å². The van der Waals surface area contributed by atoms with E-state index in [0.29, 0.717) is 22.4 Å². The Kier molecular flexibility index (Phi) is 4.90. The Balaban J connectivity index is 1.69. The van der Waals surface area contributed by atoms with E-state index in [1.165, 1.54) is 11.8 Å². The zero-order chi connectivity index (χ0) is 16.9. The molecule has 1 atom stereocenters. The van der Waals surface area contributed by atoms with Gasteiger partial charge >= 0.3 is 0 Å². The van der Waals surface area contributed by atoms with Crippen molar-refractivity contribution in [3.05, 3.63) is 54.4 Å². The van der Waals surface area contributed by atoms with Gasteiger partial charge in [0.15, 0.2) is 5.78 Å². The Morgan fingerprint density at radius 1 is 1.12 bits per heavy atom. The molecule has 3 aromatic rings. The molecule has 0 aliphatic rings. The lowest BCUT2D eigenvalue weighted by Gasteiger charge is -2.08. The molecule has 0 radical (unpaired) electrons. The number of hydrogen-bond donors (Lipinski definition) is 0. The summed E-state index contributed by atoms with van der Waals surface area (Å²) < 4.78 is 10.7. The van der Waals surface area contributed by atoms with Gasteiger partial charge < -0.3 is 9.15 Å². The van der Waals surface area contributed by atoms with Gasteiger partial charge in [0, 0.05) is 23.5 Å². The Hall–Kier alpha value is -2.67. The number of hydrogen-bond acceptors (Lipinski definition) is 7. The van der Waals surface area contributed by atoms with Crippen molar-refractivity contribution in [2.75, 3.05) is 7.11 Å². The zero-order valence-corrected chi connectivity index (χ0v) is 14.0. The smallest absolute Gasteiger partial charge is 0.277 e. The number of aromatic nitrogens is 3. The monoisotopic (exact) mass is 341 g/mol. The summed E-state index contributed by atoms with van der Waals surface area (Å²) in [5.41, 5.74) is 1.41. The second-order valence-corrected chi connectivity index (χ2v) is 6.25. The summed E-state index contributed by atoms with van der Waals surface area (Å²) in [6.45, 7) is 1.81. The van der Waals surface area contributed by atoms with E-state index in [1.807, 2.05) is 6.92 Å². The number of Topliss-reactive ketones (excluding diaryl/α,β-unsaturated/α-hetero) is 1. The molecule has 6 nitrogen and oxygen atoms in total. The fraction of sp³-hybridized carbons (Fsp3) is 0.176. The highest BCUT2D eigenvalue weighted by atomic mass is 32.2. The molecule has 24 heavy (non-hydrogen) atoms. The number of nitrogens with zero attached hydrogens (tertiary/aromatic N) is 3. The van der Waals surface area contributed by atoms with Crippen LogP contribution in [0, 0.1) is 0 Å². The van der Waals surface area contributed by atoms with Crippen LogP contribution in [0.5, 0.6) is 5.75 Å². The first-order chi connectivity index (χ1) is 11.7. The lowest BCUT2D eigenvalue weighted by Crippen LogP contribution is -2.13. The van der Waals surface area contributed by atoms with E-state index in [-0.39, 0.29) is 11.0 Å². The van der Waals surface area contributed by atoms with E-state index < -0.39 is 0 Å². The fourth-order valence-corrected chi connectivity index (χ4v) is 2.82. The molecular formula is C17H15N3O3S. The number of ketones is 1. The first kappa shape index (κ1) is 16.2. The Morgan fingerprint density at radius 2 is 1.83 bits per heavy atom. The molecule has 0 amide bonds. The van der Waals surface area contributed by atoms with E-state index in [1.54, 1.807) is 55.9 Å². The topological polar surface area (TPSA) is 78.1 Å². The largest absolute Gasteiger partial charge is 0.497 e. The summed E-state index contributed by atoms with van der Waals surface area (Å²) in [6, 6.07) is 10.6. The lowest BCUT2D eigenvalue weighted by atomic mass is 10.1. The van der Waals surface area contributed by atoms with Crippen molar-refractivity contribution in [2.24, 2.45) is 0 Å². The van der Waals surface area contributed by atoms with Gasteiger partial charge in [-0.1, -0.05) is 11.8 Å². The highest BCUT2D eigenvalue weighted by Crippen LogP contribution is 2.27. The molecule has 0 fully saturated rings. The first-order valence-electron chi connectivity index (χ1n) is 7.26. The first-order valence-corrected chi connectivity index (χ1v) is 8.14. The van der Waals surface area contributed by atoms with E-state index in [0.717, 1.165) is 5.56 Å². The van der Waals surface area contributed by atoms with Crippen molar-refractivity contribution >= 4 is 17.5 Å². The molecule has 0 spiro atoms. The van der Waals surface area contributed by atoms with Crippen LogP contribution >= 0.6 is 11.8 Å². The molecule has 0 saturated heterocycles. The van der Waals surface area contributed by atoms with Crippen molar-refractivity contribution in [3.63, 3.8) is 0 Å². The molecule has 3 rings (SSSR count). The number of carbonyl (C=O) groups is 1. The van der Waals surface area contributed by atoms with Gasteiger partial charge in [-0.3, -0.25) is 9.78 Å². The average molecular weight is 341 g/mol. The molecule has 2 heterocycles. The maximum Gasteiger partial charge on any atom is 0.277 e. The minimum Gasteiger partial charge on any atom is -0.497 e. The van der Waals surface area contributed by atoms with Crippen LogP contribution in [0.15, 0.2) is 58.4 Å². The second-order valence-electron chi connectivity index (χ2n) is 4.96. The third-order valence-electron chi connectivity index (χ3n) is 3.36. The molecule has 2 aromatic heterocycles. The molecule has 0 bridgehead atoms. The second kappa shape index (κ2) is 7.27. The summed E-state index contributed by atoms with van der Waals surface area (Å²) >= 11 is 1.24. The van der Waals surface area contributed by atoms with Crippen LogP contribution in [-0.4, -0.2) is 33.3 Å². The minimum absolute atomic E-state index is 0.00804. The molecule has 0 N–H and O–H groups in total. The quantitative estimate of drug-likeness (QED) is 0.501. The summed E-state index contributed by atoms with van der Waals surface area (Å²) in [6.07, 6.45) is 3.31. The third-order valence-corrected chi connectivity index (χ3v) is 4.29. The highest BCUT2D eigenvalue weighted by Gasteiger charge is 2.20. The fourth-order valence-electron chi connectivity index (χ4n) is 2.06. The van der Waals surface area contributed by atoms with Gasteiger partial charge in [0.25, 0.3) is 5.22 Å². The van der Waals surface area contributed by atoms with Crippen LogP contribution in [-0.2, 0) is 0 Å². The van der Waals surface area contributed by atoms with Crippen molar-refractivity contribution < 1.29 is 13.9 Å². The number of methoxy groups -OCH3 is 1. The van der Waals surface area contributed by atoms with E-state index in [4.69, 9.17) is 9.15 Å². The van der Waals surface area contributed by atoms with Crippen molar-refractivity contribution in [1.29, 1.82) is 0 Å². The van der Waals surface area contributed by atoms with Gasteiger partial charge in [-0.15, -0.1) is 10.2 Å². The summed E-state index contributed by atoms with van der Waals surface area (Å²) in [4.78, 5) is 16.4. The standard InChI is InChI=1S/C17H15N3O3S/c1-11(15(21)12-3-5-14(22-2)6-4-12)24-17-20-19-16(23-17)13-7-9-18-10-8-13/h3-11H,1-2H3. The van der Waals surface area contributed by atoms with Gasteiger partial charge in [-0.2, -0.15) is 0 Å². The van der Waals surface area contributed by atoms with Crippen LogP contribution in [0.1, 0.15) is 17.3 Å². The third kappa shape index (κ3) is 3.62. The highest BCUT2D eigenvalue weighted by molar-refractivity contribution is 8.00. The van der Waals surface area contributed by atoms with Gasteiger partial charge in [-0.25, -0.2) is 0 Å². The summed E-state index contributed by atoms with van der Waals surface area (Å²) in [7, 11) is 1.59. The number of carbonyl (C=O) groups excluding carboxylic acids is 1. The van der Waals surface area contributed by atoms with E-state index in [9.17, 15) is 4.79 Å². The molecule has 7 heteroatoms. The molecule has 1 aromatic carbocycles. The van der Waals surface area contributed by atoms with E-state index >= 15 is 0 Å². The van der Waals surface area contributed by atoms with Crippen LogP contribution < -0.4 is 4.74 Å². The number of pyridine rings is 1. The maximum atomic E-state index is 12.5. The van der Waals surface area contributed by atoms with Crippen molar-refractivity contribution in [2.45, 2.75) is 17.4 Å². The number of rotatable bonds is 6. The predicted molar refractivity (Wildman–Crippen MR) is 90.2 cm³/mol. The summed E-state index contributed by atoms with van der Waals surface area (Å²) in [5.74, 6) is 1.11. The van der Waals surface area contributed by atoms with Gasteiger partial charge in [0.05, 0.1) is 12.4 Å². The number of ether oxygens (including phenoxy) is 1. The molecule has 0 saturated carbocycles. The summed E-state index contributed by atoms with van der Waals surface area (Å²) in [5, 5.41) is 8.00. The van der Waals surface area contributed by atoms with Crippen molar-refractivity contribution in [1.82, 2.24) is 15.2 Å². The Bertz CT molecular complexity index is 819. The minimum atomic E-state index is -0.343. The van der Waals surface area contributed by atoms with Crippen molar-refractivity contribution in [3.8, 4) is 17.2 Å². The van der Waals surface area contributed by atoms with Crippen LogP contribution in [0.3, 0.4) is 0 Å².